The molecule has 28 heavy (non-hydrogen) atoms. The monoisotopic (exact) mass is 393 g/mol. The molecule has 0 spiro atoms. The standard InChI is InChI=1S/C19H18F3N3O3/c1-12-5-6-15(8-13(12)2)28-11-17(26)25-18(27,19(20,21)22)9-16(24-25)14-4-3-7-23-10-14/h3-8,10,27H,9,11H2,1-2H3/t18-/m1/s1. The summed E-state index contributed by atoms with van der Waals surface area (Å²) in [4.78, 5) is 16.3. The van der Waals surface area contributed by atoms with Crippen LogP contribution in [-0.2, 0) is 4.79 Å². The van der Waals surface area contributed by atoms with E-state index in [0.717, 1.165) is 11.1 Å². The molecule has 1 N–H and O–H groups in total. The first-order chi connectivity index (χ1) is 13.1. The SMILES string of the molecule is Cc1ccc(OCC(=O)N2N=C(c3cccnc3)C[C@@]2(O)C(F)(F)F)cc1C. The van der Waals surface area contributed by atoms with Gasteiger partial charge in [-0.2, -0.15) is 23.3 Å². The van der Waals surface area contributed by atoms with Gasteiger partial charge in [0.25, 0.3) is 11.6 Å². The minimum atomic E-state index is -5.10. The van der Waals surface area contributed by atoms with Gasteiger partial charge in [-0.3, -0.25) is 9.78 Å². The predicted octanol–water partition coefficient (Wildman–Crippen LogP) is 2.96. The van der Waals surface area contributed by atoms with Crippen molar-refractivity contribution in [3.63, 3.8) is 0 Å². The van der Waals surface area contributed by atoms with Gasteiger partial charge in [0, 0.05) is 18.0 Å². The molecular weight excluding hydrogens is 375 g/mol. The fourth-order valence-electron chi connectivity index (χ4n) is 2.73. The zero-order valence-corrected chi connectivity index (χ0v) is 15.2. The minimum Gasteiger partial charge on any atom is -0.484 e. The smallest absolute Gasteiger partial charge is 0.438 e. The van der Waals surface area contributed by atoms with Crippen LogP contribution in [0, 0.1) is 13.8 Å². The second kappa shape index (κ2) is 7.23. The van der Waals surface area contributed by atoms with Gasteiger partial charge in [0.2, 0.25) is 0 Å². The maximum absolute atomic E-state index is 13.5. The number of aryl methyl sites for hydroxylation is 2. The molecule has 2 heterocycles. The Labute approximate surface area is 159 Å². The van der Waals surface area contributed by atoms with Gasteiger partial charge in [-0.05, 0) is 43.2 Å². The highest BCUT2D eigenvalue weighted by Gasteiger charge is 2.63. The van der Waals surface area contributed by atoms with E-state index in [2.05, 4.69) is 10.1 Å². The van der Waals surface area contributed by atoms with Crippen molar-refractivity contribution in [2.45, 2.75) is 32.2 Å². The molecule has 0 saturated carbocycles. The quantitative estimate of drug-likeness (QED) is 0.867. The molecule has 0 radical (unpaired) electrons. The molecule has 1 aliphatic rings. The average Bonchev–Trinajstić information content (AvgIpc) is 3.02. The molecule has 148 valence electrons. The Hall–Kier alpha value is -2.94. The number of hydrazone groups is 1. The first-order valence-electron chi connectivity index (χ1n) is 8.42. The van der Waals surface area contributed by atoms with Gasteiger partial charge in [0.15, 0.2) is 6.61 Å². The summed E-state index contributed by atoms with van der Waals surface area (Å²) in [6.45, 7) is 3.04. The van der Waals surface area contributed by atoms with E-state index in [1.54, 1.807) is 18.2 Å². The number of halogens is 3. The molecule has 0 bridgehead atoms. The maximum atomic E-state index is 13.5. The summed E-state index contributed by atoms with van der Waals surface area (Å²) >= 11 is 0. The van der Waals surface area contributed by atoms with Gasteiger partial charge < -0.3 is 9.84 Å². The van der Waals surface area contributed by atoms with Crippen LogP contribution >= 0.6 is 0 Å². The third-order valence-electron chi connectivity index (χ3n) is 4.51. The highest BCUT2D eigenvalue weighted by molar-refractivity contribution is 6.03. The zero-order chi connectivity index (χ0) is 20.5. The molecule has 1 aliphatic heterocycles. The number of nitrogens with zero attached hydrogens (tertiary/aromatic N) is 3. The number of aromatic nitrogens is 1. The van der Waals surface area contributed by atoms with Crippen LogP contribution in [0.1, 0.15) is 23.1 Å². The summed E-state index contributed by atoms with van der Waals surface area (Å²) in [5.41, 5.74) is -1.32. The molecule has 0 aliphatic carbocycles. The van der Waals surface area contributed by atoms with Crippen molar-refractivity contribution in [2.75, 3.05) is 6.61 Å². The van der Waals surface area contributed by atoms with Crippen molar-refractivity contribution in [3.8, 4) is 5.75 Å². The summed E-state index contributed by atoms with van der Waals surface area (Å²) < 4.78 is 45.9. The van der Waals surface area contributed by atoms with Gasteiger partial charge in [0.05, 0.1) is 12.1 Å². The molecule has 6 nitrogen and oxygen atoms in total. The molecule has 9 heteroatoms. The first-order valence-corrected chi connectivity index (χ1v) is 8.42. The number of benzene rings is 1. The fourth-order valence-corrected chi connectivity index (χ4v) is 2.73. The van der Waals surface area contributed by atoms with Gasteiger partial charge in [0.1, 0.15) is 5.75 Å². The van der Waals surface area contributed by atoms with E-state index in [-0.39, 0.29) is 16.3 Å². The van der Waals surface area contributed by atoms with E-state index in [1.165, 1.54) is 24.5 Å². The molecule has 2 aromatic rings. The number of pyridine rings is 1. The van der Waals surface area contributed by atoms with Crippen molar-refractivity contribution < 1.29 is 27.8 Å². The van der Waals surface area contributed by atoms with Gasteiger partial charge in [-0.1, -0.05) is 12.1 Å². The van der Waals surface area contributed by atoms with Crippen LogP contribution in [-0.4, -0.2) is 45.2 Å². The van der Waals surface area contributed by atoms with E-state index in [4.69, 9.17) is 4.74 Å². The fraction of sp³-hybridized carbons (Fsp3) is 0.316. The molecule has 1 aromatic heterocycles. The van der Waals surface area contributed by atoms with Gasteiger partial charge in [-0.15, -0.1) is 0 Å². The number of hydrogen-bond acceptors (Lipinski definition) is 5. The number of hydrogen-bond donors (Lipinski definition) is 1. The Bertz CT molecular complexity index is 916. The number of rotatable bonds is 4. The lowest BCUT2D eigenvalue weighted by molar-refractivity contribution is -0.302. The van der Waals surface area contributed by atoms with Crippen LogP contribution in [0.5, 0.6) is 5.75 Å². The second-order valence-corrected chi connectivity index (χ2v) is 6.52. The van der Waals surface area contributed by atoms with E-state index in [9.17, 15) is 23.1 Å². The number of carbonyl (C=O) groups is 1. The molecule has 1 atom stereocenters. The molecule has 3 rings (SSSR count). The predicted molar refractivity (Wildman–Crippen MR) is 94.7 cm³/mol. The molecule has 0 fully saturated rings. The Morgan fingerprint density at radius 1 is 1.29 bits per heavy atom. The number of aliphatic hydroxyl groups is 1. The van der Waals surface area contributed by atoms with Gasteiger partial charge in [-0.25, -0.2) is 0 Å². The lowest BCUT2D eigenvalue weighted by Crippen LogP contribution is -2.57. The van der Waals surface area contributed by atoms with E-state index in [1.807, 2.05) is 13.8 Å². The Kier molecular flexibility index (Phi) is 5.12. The number of alkyl halides is 3. The van der Waals surface area contributed by atoms with Crippen LogP contribution < -0.4 is 4.74 Å². The largest absolute Gasteiger partial charge is 0.484 e. The van der Waals surface area contributed by atoms with E-state index >= 15 is 0 Å². The van der Waals surface area contributed by atoms with Crippen LogP contribution in [0.15, 0.2) is 47.8 Å². The molecular formula is C19H18F3N3O3. The lowest BCUT2D eigenvalue weighted by atomic mass is 10.0. The number of amides is 1. The van der Waals surface area contributed by atoms with Crippen molar-refractivity contribution in [3.05, 3.63) is 59.4 Å². The van der Waals surface area contributed by atoms with Crippen molar-refractivity contribution in [1.29, 1.82) is 0 Å². The highest BCUT2D eigenvalue weighted by Crippen LogP contribution is 2.41. The van der Waals surface area contributed by atoms with Crippen molar-refractivity contribution >= 4 is 11.6 Å². The number of ether oxygens (including phenoxy) is 1. The molecule has 1 aromatic carbocycles. The summed E-state index contributed by atoms with van der Waals surface area (Å²) in [7, 11) is 0. The summed E-state index contributed by atoms with van der Waals surface area (Å²) in [5.74, 6) is -0.778. The van der Waals surface area contributed by atoms with Crippen molar-refractivity contribution in [2.24, 2.45) is 5.10 Å². The normalized spacial score (nSPS) is 19.5. The Balaban J connectivity index is 1.83. The summed E-state index contributed by atoms with van der Waals surface area (Å²) in [6, 6.07) is 8.09. The van der Waals surface area contributed by atoms with Gasteiger partial charge >= 0.3 is 6.18 Å². The highest BCUT2D eigenvalue weighted by atomic mass is 19.4. The third kappa shape index (κ3) is 3.70. The third-order valence-corrected chi connectivity index (χ3v) is 4.51. The minimum absolute atomic E-state index is 0.0520. The average molecular weight is 393 g/mol. The van der Waals surface area contributed by atoms with Crippen LogP contribution in [0.4, 0.5) is 13.2 Å². The summed E-state index contributed by atoms with van der Waals surface area (Å²) in [6.07, 6.45) is -3.22. The molecule has 0 saturated heterocycles. The van der Waals surface area contributed by atoms with Crippen LogP contribution in [0.2, 0.25) is 0 Å². The first kappa shape index (κ1) is 19.8. The second-order valence-electron chi connectivity index (χ2n) is 6.52. The lowest BCUT2D eigenvalue weighted by Gasteiger charge is -2.32. The Morgan fingerprint density at radius 2 is 2.04 bits per heavy atom. The van der Waals surface area contributed by atoms with Crippen LogP contribution in [0.3, 0.4) is 0 Å². The molecule has 1 amide bonds. The number of carbonyl (C=O) groups excluding carboxylic acids is 1. The van der Waals surface area contributed by atoms with Crippen LogP contribution in [0.25, 0.3) is 0 Å². The topological polar surface area (TPSA) is 75.0 Å². The zero-order valence-electron chi connectivity index (χ0n) is 15.2. The maximum Gasteiger partial charge on any atom is 0.438 e. The van der Waals surface area contributed by atoms with Crippen molar-refractivity contribution in [1.82, 2.24) is 9.99 Å². The van der Waals surface area contributed by atoms with E-state index < -0.39 is 30.8 Å². The summed E-state index contributed by atoms with van der Waals surface area (Å²) in [5, 5.41) is 14.0. The molecule has 0 unspecified atom stereocenters. The Morgan fingerprint density at radius 3 is 2.64 bits per heavy atom. The van der Waals surface area contributed by atoms with E-state index in [0.29, 0.717) is 5.75 Å².